The number of hydrogen-bond acceptors (Lipinski definition) is 5. The van der Waals surface area contributed by atoms with Crippen LogP contribution in [0.5, 0.6) is 0 Å². The van der Waals surface area contributed by atoms with Gasteiger partial charge < -0.3 is 14.2 Å². The molecule has 2 rings (SSSR count). The van der Waals surface area contributed by atoms with Crippen LogP contribution in [-0.4, -0.2) is 31.9 Å². The van der Waals surface area contributed by atoms with Crippen LogP contribution >= 0.6 is 0 Å². The number of epoxide rings is 1. The van der Waals surface area contributed by atoms with E-state index < -0.39 is 5.97 Å². The van der Waals surface area contributed by atoms with Gasteiger partial charge >= 0.3 is 5.97 Å². The minimum absolute atomic E-state index is 0.154. The monoisotopic (exact) mass is 301 g/mol. The molecule has 22 heavy (non-hydrogen) atoms. The van der Waals surface area contributed by atoms with Gasteiger partial charge in [-0.3, -0.25) is 0 Å². The van der Waals surface area contributed by atoms with Crippen molar-refractivity contribution in [2.75, 3.05) is 19.8 Å². The molecule has 1 heterocycles. The summed E-state index contributed by atoms with van der Waals surface area (Å²) >= 11 is 0. The van der Waals surface area contributed by atoms with Crippen LogP contribution in [0.25, 0.3) is 6.08 Å². The number of carbonyl (C=O) groups excluding carboxylic acids is 1. The van der Waals surface area contributed by atoms with Gasteiger partial charge in [0.15, 0.2) is 0 Å². The van der Waals surface area contributed by atoms with Crippen LogP contribution in [0.3, 0.4) is 0 Å². The van der Waals surface area contributed by atoms with Crippen LogP contribution < -0.4 is 0 Å². The summed E-state index contributed by atoms with van der Waals surface area (Å²) in [6.45, 7) is 5.31. The number of carbonyl (C=O) groups is 1. The fourth-order valence-electron chi connectivity index (χ4n) is 2.01. The Morgan fingerprint density at radius 3 is 3.00 bits per heavy atom. The molecule has 1 aromatic rings. The number of hydrogen-bond donors (Lipinski definition) is 0. The van der Waals surface area contributed by atoms with Gasteiger partial charge in [-0.25, -0.2) is 4.79 Å². The molecule has 1 saturated heterocycles. The molecule has 116 valence electrons. The zero-order chi connectivity index (χ0) is 15.9. The largest absolute Gasteiger partial charge is 0.463 e. The van der Waals surface area contributed by atoms with E-state index in [4.69, 9.17) is 19.5 Å². The van der Waals surface area contributed by atoms with Crippen molar-refractivity contribution < 1.29 is 19.0 Å². The van der Waals surface area contributed by atoms with E-state index >= 15 is 0 Å². The lowest BCUT2D eigenvalue weighted by Crippen LogP contribution is -2.07. The average Bonchev–Trinajstić information content (AvgIpc) is 3.35. The summed E-state index contributed by atoms with van der Waals surface area (Å²) in [5.41, 5.74) is 2.22. The molecular formula is C17H19NO4. The second-order valence-electron chi connectivity index (χ2n) is 4.97. The normalized spacial score (nSPS) is 18.0. The number of esters is 1. The Balaban J connectivity index is 2.16. The van der Waals surface area contributed by atoms with Crippen molar-refractivity contribution in [2.24, 2.45) is 0 Å². The van der Waals surface area contributed by atoms with Gasteiger partial charge in [0, 0.05) is 6.08 Å². The zero-order valence-electron chi connectivity index (χ0n) is 12.7. The van der Waals surface area contributed by atoms with Gasteiger partial charge in [0.05, 0.1) is 37.6 Å². The first-order chi connectivity index (χ1) is 10.6. The van der Waals surface area contributed by atoms with E-state index in [2.05, 4.69) is 6.07 Å². The summed E-state index contributed by atoms with van der Waals surface area (Å²) in [6.07, 6.45) is 3.06. The van der Waals surface area contributed by atoms with E-state index in [0.717, 1.165) is 17.7 Å². The molecule has 0 saturated carbocycles. The number of ether oxygens (including phenoxy) is 3. The number of benzene rings is 1. The lowest BCUT2D eigenvalue weighted by molar-refractivity contribution is -0.137. The fourth-order valence-corrected chi connectivity index (χ4v) is 2.01. The number of rotatable bonds is 7. The third-order valence-electron chi connectivity index (χ3n) is 3.27. The van der Waals surface area contributed by atoms with Gasteiger partial charge in [0.1, 0.15) is 6.10 Å². The smallest absolute Gasteiger partial charge is 0.330 e. The van der Waals surface area contributed by atoms with Gasteiger partial charge in [0.25, 0.3) is 0 Å². The van der Waals surface area contributed by atoms with Crippen molar-refractivity contribution in [1.82, 2.24) is 0 Å². The molecule has 0 aromatic heterocycles. The molecule has 0 bridgehead atoms. The molecule has 0 N–H and O–H groups in total. The van der Waals surface area contributed by atoms with E-state index in [9.17, 15) is 4.79 Å². The summed E-state index contributed by atoms with van der Waals surface area (Å²) < 4.78 is 15.8. The van der Waals surface area contributed by atoms with Crippen LogP contribution in [0.2, 0.25) is 0 Å². The maximum absolute atomic E-state index is 11.5. The Labute approximate surface area is 130 Å². The highest BCUT2D eigenvalue weighted by Crippen LogP contribution is 2.25. The molecule has 0 aliphatic carbocycles. The molecule has 2 atom stereocenters. The molecule has 1 fully saturated rings. The first-order valence-corrected chi connectivity index (χ1v) is 7.26. The molecule has 1 aliphatic rings. The summed E-state index contributed by atoms with van der Waals surface area (Å²) in [4.78, 5) is 11.5. The predicted octanol–water partition coefficient (Wildman–Crippen LogP) is 2.61. The molecule has 0 spiro atoms. The molecular weight excluding hydrogens is 282 g/mol. The highest BCUT2D eigenvalue weighted by Gasteiger charge is 2.24. The number of nitriles is 1. The van der Waals surface area contributed by atoms with Crippen LogP contribution in [0, 0.1) is 11.3 Å². The minimum Gasteiger partial charge on any atom is -0.463 e. The van der Waals surface area contributed by atoms with E-state index in [1.807, 2.05) is 13.0 Å². The Bertz CT molecular complexity index is 599. The summed E-state index contributed by atoms with van der Waals surface area (Å²) in [5.74, 6) is -0.407. The second-order valence-corrected chi connectivity index (χ2v) is 4.97. The van der Waals surface area contributed by atoms with Gasteiger partial charge in [-0.05, 0) is 43.2 Å². The summed E-state index contributed by atoms with van der Waals surface area (Å²) in [5, 5.41) is 9.02. The van der Waals surface area contributed by atoms with Crippen LogP contribution in [-0.2, 0) is 19.0 Å². The van der Waals surface area contributed by atoms with E-state index in [1.165, 1.54) is 6.08 Å². The molecule has 1 aromatic carbocycles. The third kappa shape index (κ3) is 4.69. The first-order valence-electron chi connectivity index (χ1n) is 7.26. The first kappa shape index (κ1) is 16.2. The molecule has 1 unspecified atom stereocenters. The van der Waals surface area contributed by atoms with Crippen molar-refractivity contribution in [3.05, 3.63) is 41.0 Å². The molecule has 0 radical (unpaired) electrons. The van der Waals surface area contributed by atoms with Gasteiger partial charge in [-0.15, -0.1) is 0 Å². The quantitative estimate of drug-likeness (QED) is 0.440. The molecule has 5 nitrogen and oxygen atoms in total. The van der Waals surface area contributed by atoms with Gasteiger partial charge in [0.2, 0.25) is 0 Å². The second kappa shape index (κ2) is 7.74. The van der Waals surface area contributed by atoms with Crippen LogP contribution in [0.4, 0.5) is 0 Å². The van der Waals surface area contributed by atoms with Gasteiger partial charge in [-0.2, -0.15) is 5.26 Å². The van der Waals surface area contributed by atoms with Crippen molar-refractivity contribution in [1.29, 1.82) is 5.26 Å². The summed E-state index contributed by atoms with van der Waals surface area (Å²) in [6, 6.07) is 7.42. The summed E-state index contributed by atoms with van der Waals surface area (Å²) in [7, 11) is 0. The molecule has 0 amide bonds. The molecule has 1 aliphatic heterocycles. The van der Waals surface area contributed by atoms with Gasteiger partial charge in [-0.1, -0.05) is 6.07 Å². The van der Waals surface area contributed by atoms with Crippen molar-refractivity contribution in [2.45, 2.75) is 26.1 Å². The minimum atomic E-state index is -0.407. The fraction of sp³-hybridized carbons (Fsp3) is 0.412. The van der Waals surface area contributed by atoms with E-state index in [0.29, 0.717) is 18.8 Å². The average molecular weight is 301 g/mol. The van der Waals surface area contributed by atoms with Crippen LogP contribution in [0.1, 0.15) is 36.6 Å². The lowest BCUT2D eigenvalue weighted by atomic mass is 10.00. The lowest BCUT2D eigenvalue weighted by Gasteiger charge is -2.15. The highest BCUT2D eigenvalue weighted by molar-refractivity contribution is 5.87. The zero-order valence-corrected chi connectivity index (χ0v) is 12.7. The topological polar surface area (TPSA) is 71.9 Å². The standard InChI is InChI=1S/C17H19NO4/c1-3-20-17(19)7-5-14-8-13(9-18)4-6-16(14)12(2)21-10-15-11-22-15/h4-8,12,15H,3,10-11H2,1-2H3/b7-5+/t12-,15?/m1/s1. The third-order valence-corrected chi connectivity index (χ3v) is 3.27. The van der Waals surface area contributed by atoms with E-state index in [-0.39, 0.29) is 12.2 Å². The Morgan fingerprint density at radius 1 is 1.59 bits per heavy atom. The Kier molecular flexibility index (Phi) is 5.70. The van der Waals surface area contributed by atoms with E-state index in [1.54, 1.807) is 25.1 Å². The van der Waals surface area contributed by atoms with Crippen molar-refractivity contribution in [3.63, 3.8) is 0 Å². The Morgan fingerprint density at radius 2 is 2.36 bits per heavy atom. The predicted molar refractivity (Wildman–Crippen MR) is 80.9 cm³/mol. The van der Waals surface area contributed by atoms with Crippen LogP contribution in [0.15, 0.2) is 24.3 Å². The maximum Gasteiger partial charge on any atom is 0.330 e. The maximum atomic E-state index is 11.5. The molecule has 5 heteroatoms. The number of nitrogens with zero attached hydrogens (tertiary/aromatic N) is 1. The van der Waals surface area contributed by atoms with Crippen molar-refractivity contribution >= 4 is 12.0 Å². The SMILES string of the molecule is CCOC(=O)/C=C/c1cc(C#N)ccc1[C@@H](C)OCC1CO1. The van der Waals surface area contributed by atoms with Crippen molar-refractivity contribution in [3.8, 4) is 6.07 Å². The highest BCUT2D eigenvalue weighted by atomic mass is 16.6. The Hall–Kier alpha value is -2.16.